The number of pyridine rings is 2. The summed E-state index contributed by atoms with van der Waals surface area (Å²) < 4.78 is 4.27. The lowest BCUT2D eigenvalue weighted by molar-refractivity contribution is 0.416. The quantitative estimate of drug-likeness (QED) is 0.140. The van der Waals surface area contributed by atoms with E-state index in [-0.39, 0.29) is 22.3 Å². The molecule has 0 amide bonds. The molecule has 0 bridgehead atoms. The molecule has 8 rings (SSSR count). The van der Waals surface area contributed by atoms with E-state index in [1.165, 1.54) is 40.3 Å². The Labute approximate surface area is 372 Å². The first-order chi connectivity index (χ1) is 27.2. The van der Waals surface area contributed by atoms with Gasteiger partial charge in [-0.25, -0.2) is 29.9 Å². The van der Waals surface area contributed by atoms with Gasteiger partial charge in [0.15, 0.2) is 25.9 Å². The van der Waals surface area contributed by atoms with Crippen LogP contribution in [0.4, 0.5) is 16.8 Å². The third-order valence-electron chi connectivity index (χ3n) is 9.04. The Morgan fingerprint density at radius 3 is 1.45 bits per heavy atom. The van der Waals surface area contributed by atoms with Crippen molar-refractivity contribution in [2.75, 3.05) is 84.0 Å². The summed E-state index contributed by atoms with van der Waals surface area (Å²) in [4.78, 5) is 42.4. The van der Waals surface area contributed by atoms with Crippen LogP contribution in [0.2, 0.25) is 5.15 Å². The highest BCUT2D eigenvalue weighted by Crippen LogP contribution is 2.29. The van der Waals surface area contributed by atoms with Crippen LogP contribution < -0.4 is 15.5 Å². The molecule has 14 nitrogen and oxygen atoms in total. The maximum Gasteiger partial charge on any atom is 0.198 e. The first-order valence-corrected chi connectivity index (χ1v) is 21.1. The molecule has 0 atom stereocenters. The summed E-state index contributed by atoms with van der Waals surface area (Å²) in [6.45, 7) is 12.2. The molecule has 0 saturated carbocycles. The zero-order chi connectivity index (χ0) is 41.0. The Morgan fingerprint density at radius 2 is 0.967 bits per heavy atom. The molecule has 60 heavy (non-hydrogen) atoms. The van der Waals surface area contributed by atoms with Crippen LogP contribution in [-0.2, 0) is 0 Å². The lowest BCUT2D eigenvalue weighted by Gasteiger charge is -2.20. The summed E-state index contributed by atoms with van der Waals surface area (Å²) in [5, 5.41) is 2.83. The molecule has 0 aliphatic heterocycles. The van der Waals surface area contributed by atoms with Gasteiger partial charge in [-0.05, 0) is 104 Å². The van der Waals surface area contributed by atoms with Crippen molar-refractivity contribution in [2.24, 2.45) is 0 Å². The molecule has 0 aliphatic rings. The number of thiazole rings is 3. The van der Waals surface area contributed by atoms with E-state index < -0.39 is 0 Å². The molecule has 0 saturated heterocycles. The second-order valence-corrected chi connectivity index (χ2v) is 17.5. The number of halogens is 1. The predicted molar refractivity (Wildman–Crippen MR) is 261 cm³/mol. The van der Waals surface area contributed by atoms with E-state index in [0.717, 1.165) is 85.0 Å². The molecular formula is C42H61ClN14S3. The van der Waals surface area contributed by atoms with Crippen LogP contribution in [0.5, 0.6) is 0 Å². The first-order valence-electron chi connectivity index (χ1n) is 18.3. The van der Waals surface area contributed by atoms with Crippen LogP contribution in [0.15, 0.2) is 54.7 Å². The summed E-state index contributed by atoms with van der Waals surface area (Å²) in [6, 6.07) is 16.4. The van der Waals surface area contributed by atoms with Crippen molar-refractivity contribution in [3.8, 4) is 10.3 Å². The van der Waals surface area contributed by atoms with Crippen LogP contribution in [-0.4, -0.2) is 122 Å². The number of nitrogens with two attached hydrogens (primary N) is 1. The molecule has 0 spiro atoms. The molecular weight excluding hydrogens is 832 g/mol. The summed E-state index contributed by atoms with van der Waals surface area (Å²) >= 11 is 10.4. The highest BCUT2D eigenvalue weighted by atomic mass is 35.5. The molecule has 8 heterocycles. The van der Waals surface area contributed by atoms with Crippen molar-refractivity contribution in [3.63, 3.8) is 0 Å². The average molecular weight is 894 g/mol. The van der Waals surface area contributed by atoms with Gasteiger partial charge in [-0.2, -0.15) is 4.98 Å². The van der Waals surface area contributed by atoms with Crippen molar-refractivity contribution in [2.45, 2.75) is 50.0 Å². The molecule has 0 aromatic carbocycles. The number of fused-ring (bicyclic) bond motifs is 3. The number of nitrogen functional groups attached to an aromatic ring is 1. The molecule has 8 aromatic heterocycles. The molecule has 0 unspecified atom stereocenters. The van der Waals surface area contributed by atoms with Crippen LogP contribution in [0, 0.1) is 27.7 Å². The van der Waals surface area contributed by atoms with E-state index in [0.29, 0.717) is 15.9 Å². The van der Waals surface area contributed by atoms with Gasteiger partial charge < -0.3 is 25.3 Å². The number of hydrogen-bond donors (Lipinski definition) is 1. The van der Waals surface area contributed by atoms with E-state index in [4.69, 9.17) is 27.3 Å². The summed E-state index contributed by atoms with van der Waals surface area (Å²) in [6.07, 6.45) is 1.52. The smallest absolute Gasteiger partial charge is 0.198 e. The molecule has 2 N–H and O–H groups in total. The fraction of sp³-hybridized carbons (Fsp3) is 0.405. The zero-order valence-corrected chi connectivity index (χ0v) is 37.2. The van der Waals surface area contributed by atoms with Crippen molar-refractivity contribution >= 4 is 93.6 Å². The highest BCUT2D eigenvalue weighted by Gasteiger charge is 2.14. The highest BCUT2D eigenvalue weighted by molar-refractivity contribution is 7.21. The molecule has 18 heteroatoms. The van der Waals surface area contributed by atoms with Crippen molar-refractivity contribution in [3.05, 3.63) is 82.7 Å². The number of rotatable bonds is 10. The fourth-order valence-electron chi connectivity index (χ4n) is 5.80. The third kappa shape index (κ3) is 11.9. The SMILES string of the molecule is C.C.C.CN(C)CCN(C)c1ccc2nc(N)sc2n1.Cc1ccc(C)n1-c1nc2ccc(N(C)CCN(C)C)nc2s1.Cc1ccc(C)n1-c1nc2ncc(Cl)nc2s1. The summed E-state index contributed by atoms with van der Waals surface area (Å²) in [5.41, 5.74) is 12.8. The topological polar surface area (TPSA) is 139 Å². The Hall–Kier alpha value is -4.78. The molecule has 324 valence electrons. The maximum absolute atomic E-state index is 5.81. The lowest BCUT2D eigenvalue weighted by Crippen LogP contribution is -2.28. The van der Waals surface area contributed by atoms with E-state index in [1.54, 1.807) is 11.3 Å². The normalized spacial score (nSPS) is 10.8. The summed E-state index contributed by atoms with van der Waals surface area (Å²) in [5.74, 6) is 1.96. The third-order valence-corrected chi connectivity index (χ3v) is 11.9. The van der Waals surface area contributed by atoms with Gasteiger partial charge in [-0.3, -0.25) is 9.13 Å². The number of aromatic nitrogens is 9. The lowest BCUT2D eigenvalue weighted by atomic mass is 10.4. The second kappa shape index (κ2) is 21.7. The summed E-state index contributed by atoms with van der Waals surface area (Å²) in [7, 11) is 12.4. The number of aryl methyl sites for hydroxylation is 4. The Balaban J connectivity index is 0.000000238. The van der Waals surface area contributed by atoms with Gasteiger partial charge in [0.1, 0.15) is 37.5 Å². The van der Waals surface area contributed by atoms with E-state index in [2.05, 4.69) is 139 Å². The van der Waals surface area contributed by atoms with Gasteiger partial charge in [-0.15, -0.1) is 0 Å². The number of anilines is 3. The van der Waals surface area contributed by atoms with Gasteiger partial charge in [-0.1, -0.05) is 67.9 Å². The van der Waals surface area contributed by atoms with E-state index in [9.17, 15) is 0 Å². The zero-order valence-electron chi connectivity index (χ0n) is 34.0. The Bertz CT molecular complexity index is 2550. The fourth-order valence-corrected chi connectivity index (χ4v) is 8.75. The molecule has 8 aromatic rings. The molecule has 0 fully saturated rings. The minimum atomic E-state index is 0. The van der Waals surface area contributed by atoms with Gasteiger partial charge in [0, 0.05) is 63.1 Å². The Morgan fingerprint density at radius 1 is 0.533 bits per heavy atom. The first kappa shape index (κ1) is 49.6. The average Bonchev–Trinajstić information content (AvgIpc) is 3.99. The van der Waals surface area contributed by atoms with Crippen LogP contribution in [0.3, 0.4) is 0 Å². The van der Waals surface area contributed by atoms with E-state index in [1.807, 2.05) is 33.0 Å². The number of likely N-dealkylation sites (N-methyl/N-ethyl adjacent to an activating group) is 4. The second-order valence-electron chi connectivity index (χ2n) is 14.2. The van der Waals surface area contributed by atoms with Gasteiger partial charge >= 0.3 is 0 Å². The monoisotopic (exact) mass is 892 g/mol. The standard InChI is InChI=1S/C17H23N5S.C11H9ClN4S.C11H17N5S.3CH4/c1-12-6-7-13(2)22(12)17-18-14-8-9-15(19-16(14)23-17)21(5)11-10-20(3)4;1-6-3-4-7(2)16(6)11-15-9-10(17-11)14-8(12)5-13-9;1-15(2)6-7-16(3)9-5-4-8-10(14-9)17-11(12)13-8;;;/h6-9H,10-11H2,1-5H3;3-5H,1-2H3;4-5H,6-7H2,1-3H3,(H2,12,13);3*1H4. The van der Waals surface area contributed by atoms with Gasteiger partial charge in [0.05, 0.1) is 6.20 Å². The maximum atomic E-state index is 5.81. The number of hydrogen-bond acceptors (Lipinski definition) is 15. The Kier molecular flexibility index (Phi) is 17.9. The van der Waals surface area contributed by atoms with E-state index >= 15 is 0 Å². The van der Waals surface area contributed by atoms with Crippen LogP contribution >= 0.6 is 45.6 Å². The molecule has 0 radical (unpaired) electrons. The van der Waals surface area contributed by atoms with Crippen LogP contribution in [0.25, 0.3) is 41.4 Å². The predicted octanol–water partition coefficient (Wildman–Crippen LogP) is 9.42. The van der Waals surface area contributed by atoms with Crippen molar-refractivity contribution < 1.29 is 0 Å². The van der Waals surface area contributed by atoms with Crippen molar-refractivity contribution in [1.29, 1.82) is 0 Å². The minimum Gasteiger partial charge on any atom is -0.375 e. The number of nitrogens with zero attached hydrogens (tertiary/aromatic N) is 13. The largest absolute Gasteiger partial charge is 0.375 e. The minimum absolute atomic E-state index is 0. The molecule has 0 aliphatic carbocycles. The van der Waals surface area contributed by atoms with Crippen LogP contribution in [0.1, 0.15) is 45.1 Å². The van der Waals surface area contributed by atoms with Crippen molar-refractivity contribution in [1.82, 2.24) is 53.8 Å². The van der Waals surface area contributed by atoms with Gasteiger partial charge in [0.25, 0.3) is 0 Å². The van der Waals surface area contributed by atoms with Gasteiger partial charge in [0.2, 0.25) is 0 Å².